The zero-order chi connectivity index (χ0) is 19.5. The molecule has 4 rings (SSSR count). The highest BCUT2D eigenvalue weighted by Crippen LogP contribution is 2.40. The normalized spacial score (nSPS) is 14.4. The molecule has 0 bridgehead atoms. The Balaban J connectivity index is 1.54. The number of urea groups is 1. The Kier molecular flexibility index (Phi) is 5.53. The van der Waals surface area contributed by atoms with Crippen molar-refractivity contribution in [1.29, 1.82) is 0 Å². The quantitative estimate of drug-likeness (QED) is 0.560. The zero-order valence-electron chi connectivity index (χ0n) is 16.5. The Morgan fingerprint density at radius 2 is 1.86 bits per heavy atom. The lowest BCUT2D eigenvalue weighted by Crippen LogP contribution is -2.32. The Morgan fingerprint density at radius 1 is 1.14 bits per heavy atom. The third-order valence-corrected chi connectivity index (χ3v) is 6.75. The van der Waals surface area contributed by atoms with Crippen LogP contribution in [0.3, 0.4) is 0 Å². The molecule has 1 atom stereocenters. The second-order valence-corrected chi connectivity index (χ2v) is 8.47. The van der Waals surface area contributed by atoms with Crippen LogP contribution in [0.1, 0.15) is 54.3 Å². The van der Waals surface area contributed by atoms with Crippen LogP contribution in [0.5, 0.6) is 0 Å². The predicted molar refractivity (Wildman–Crippen MR) is 117 cm³/mol. The van der Waals surface area contributed by atoms with Gasteiger partial charge in [0.25, 0.3) is 0 Å². The first-order valence-electron chi connectivity index (χ1n) is 10.1. The molecule has 2 aromatic heterocycles. The van der Waals surface area contributed by atoms with Gasteiger partial charge in [-0.15, -0.1) is 11.3 Å². The number of nitrogens with zero attached hydrogens (tertiary/aromatic N) is 1. The average Bonchev–Trinajstić information content (AvgIpc) is 3.36. The molecule has 0 saturated heterocycles. The molecular weight excluding hydrogens is 366 g/mol. The number of carbonyl (C=O) groups is 1. The lowest BCUT2D eigenvalue weighted by atomic mass is 9.93. The summed E-state index contributed by atoms with van der Waals surface area (Å²) >= 11 is 1.87. The summed E-state index contributed by atoms with van der Waals surface area (Å²) in [6.07, 6.45) is 9.91. The highest BCUT2D eigenvalue weighted by molar-refractivity contribution is 7.15. The van der Waals surface area contributed by atoms with Crippen LogP contribution in [-0.4, -0.2) is 10.6 Å². The average molecular weight is 394 g/mol. The largest absolute Gasteiger partial charge is 0.331 e. The first-order valence-corrected chi connectivity index (χ1v) is 10.9. The Hall–Kier alpha value is -2.53. The van der Waals surface area contributed by atoms with E-state index in [2.05, 4.69) is 53.6 Å². The van der Waals surface area contributed by atoms with Crippen molar-refractivity contribution in [3.8, 4) is 5.00 Å². The highest BCUT2D eigenvalue weighted by Gasteiger charge is 2.25. The van der Waals surface area contributed by atoms with Crippen molar-refractivity contribution in [2.24, 2.45) is 0 Å². The summed E-state index contributed by atoms with van der Waals surface area (Å²) in [4.78, 5) is 14.1. The van der Waals surface area contributed by atoms with Crippen LogP contribution in [0.15, 0.2) is 48.8 Å². The van der Waals surface area contributed by atoms with Gasteiger partial charge in [-0.1, -0.05) is 19.1 Å². The second-order valence-electron chi connectivity index (χ2n) is 7.39. The van der Waals surface area contributed by atoms with Crippen molar-refractivity contribution in [2.45, 2.75) is 52.0 Å². The van der Waals surface area contributed by atoms with Gasteiger partial charge in [-0.3, -0.25) is 0 Å². The summed E-state index contributed by atoms with van der Waals surface area (Å²) in [5.74, 6) is 0. The molecule has 2 N–H and O–H groups in total. The van der Waals surface area contributed by atoms with Crippen LogP contribution in [0.2, 0.25) is 0 Å². The number of hydrogen-bond acceptors (Lipinski definition) is 2. The number of aryl methyl sites for hydroxylation is 2. The van der Waals surface area contributed by atoms with E-state index >= 15 is 0 Å². The highest BCUT2D eigenvalue weighted by atomic mass is 32.1. The molecule has 5 heteroatoms. The number of thiophene rings is 1. The Bertz CT molecular complexity index is 941. The third-order valence-electron chi connectivity index (χ3n) is 5.43. The topological polar surface area (TPSA) is 46.1 Å². The molecule has 0 saturated carbocycles. The molecule has 1 aromatic carbocycles. The Morgan fingerprint density at radius 3 is 2.57 bits per heavy atom. The zero-order valence-corrected chi connectivity index (χ0v) is 17.3. The Labute approximate surface area is 170 Å². The fraction of sp³-hybridized carbons (Fsp3) is 0.348. The molecule has 28 heavy (non-hydrogen) atoms. The number of carbonyl (C=O) groups excluding carboxylic acids is 1. The lowest BCUT2D eigenvalue weighted by Gasteiger charge is -2.20. The van der Waals surface area contributed by atoms with Gasteiger partial charge in [0.15, 0.2) is 0 Å². The second kappa shape index (κ2) is 8.23. The molecular formula is C23H27N3OS. The first-order chi connectivity index (χ1) is 13.7. The maximum atomic E-state index is 12.6. The van der Waals surface area contributed by atoms with Crippen LogP contribution in [0.4, 0.5) is 10.5 Å². The van der Waals surface area contributed by atoms with Crippen molar-refractivity contribution in [2.75, 3.05) is 5.32 Å². The maximum Gasteiger partial charge on any atom is 0.319 e. The molecule has 2 heterocycles. The van der Waals surface area contributed by atoms with Crippen LogP contribution in [0.25, 0.3) is 5.00 Å². The van der Waals surface area contributed by atoms with Gasteiger partial charge in [-0.05, 0) is 74.4 Å². The van der Waals surface area contributed by atoms with Gasteiger partial charge in [0.2, 0.25) is 0 Å². The number of fused-ring (bicyclic) bond motifs is 1. The minimum atomic E-state index is -0.161. The van der Waals surface area contributed by atoms with Crippen molar-refractivity contribution in [3.63, 3.8) is 0 Å². The van der Waals surface area contributed by atoms with Crippen molar-refractivity contribution >= 4 is 23.1 Å². The summed E-state index contributed by atoms with van der Waals surface area (Å²) in [7, 11) is 0. The maximum absolute atomic E-state index is 12.6. The minimum absolute atomic E-state index is 0.0505. The molecule has 1 unspecified atom stereocenters. The van der Waals surface area contributed by atoms with Crippen molar-refractivity contribution in [3.05, 3.63) is 70.4 Å². The summed E-state index contributed by atoms with van der Waals surface area (Å²) in [6, 6.07) is 11.9. The van der Waals surface area contributed by atoms with E-state index in [4.69, 9.17) is 0 Å². The van der Waals surface area contributed by atoms with E-state index in [1.807, 2.05) is 35.6 Å². The SMILES string of the molecule is CCc1ccc(NC(=O)NC(C)c2c(-n3cccc3)sc3c2CCCC3)cc1. The van der Waals surface area contributed by atoms with Crippen LogP contribution < -0.4 is 10.6 Å². The number of hydrogen-bond donors (Lipinski definition) is 2. The number of rotatable bonds is 5. The van der Waals surface area contributed by atoms with E-state index in [0.717, 1.165) is 24.9 Å². The predicted octanol–water partition coefficient (Wildman–Crippen LogP) is 5.86. The molecule has 3 aromatic rings. The van der Waals surface area contributed by atoms with Crippen LogP contribution in [-0.2, 0) is 19.3 Å². The van der Waals surface area contributed by atoms with Gasteiger partial charge in [-0.2, -0.15) is 0 Å². The van der Waals surface area contributed by atoms with Gasteiger partial charge in [0.1, 0.15) is 5.00 Å². The van der Waals surface area contributed by atoms with E-state index in [1.165, 1.54) is 39.4 Å². The van der Waals surface area contributed by atoms with Gasteiger partial charge >= 0.3 is 6.03 Å². The van der Waals surface area contributed by atoms with Gasteiger partial charge in [-0.25, -0.2) is 4.79 Å². The number of nitrogens with one attached hydrogen (secondary N) is 2. The van der Waals surface area contributed by atoms with Gasteiger partial charge in [0.05, 0.1) is 6.04 Å². The van der Waals surface area contributed by atoms with Crippen LogP contribution >= 0.6 is 11.3 Å². The molecule has 4 nitrogen and oxygen atoms in total. The molecule has 1 aliphatic carbocycles. The summed E-state index contributed by atoms with van der Waals surface area (Å²) < 4.78 is 2.18. The van der Waals surface area contributed by atoms with E-state index in [0.29, 0.717) is 0 Å². The molecule has 1 aliphatic rings. The fourth-order valence-electron chi connectivity index (χ4n) is 3.94. The van der Waals surface area contributed by atoms with E-state index in [-0.39, 0.29) is 12.1 Å². The van der Waals surface area contributed by atoms with Crippen molar-refractivity contribution in [1.82, 2.24) is 9.88 Å². The summed E-state index contributed by atoms with van der Waals surface area (Å²) in [5, 5.41) is 7.36. The molecule has 0 spiro atoms. The standard InChI is InChI=1S/C23H27N3OS/c1-3-17-10-12-18(13-11-17)25-23(27)24-16(2)21-19-8-4-5-9-20(19)28-22(21)26-14-6-7-15-26/h6-7,10-16H,3-5,8-9H2,1-2H3,(H2,24,25,27). The minimum Gasteiger partial charge on any atom is -0.331 e. The van der Waals surface area contributed by atoms with E-state index in [1.54, 1.807) is 0 Å². The molecule has 0 radical (unpaired) electrons. The number of aromatic nitrogens is 1. The molecule has 0 fully saturated rings. The first kappa shape index (κ1) is 18.8. The number of amides is 2. The summed E-state index contributed by atoms with van der Waals surface area (Å²) in [6.45, 7) is 4.21. The molecule has 146 valence electrons. The fourth-order valence-corrected chi connectivity index (χ4v) is 5.40. The number of benzene rings is 1. The smallest absolute Gasteiger partial charge is 0.319 e. The molecule has 0 aliphatic heterocycles. The third kappa shape index (κ3) is 3.85. The van der Waals surface area contributed by atoms with Gasteiger partial charge in [0, 0.05) is 28.5 Å². The monoisotopic (exact) mass is 393 g/mol. The molecule has 2 amide bonds. The summed E-state index contributed by atoms with van der Waals surface area (Å²) in [5.41, 5.74) is 4.80. The lowest BCUT2D eigenvalue weighted by molar-refractivity contribution is 0.249. The van der Waals surface area contributed by atoms with Gasteiger partial charge < -0.3 is 15.2 Å². The van der Waals surface area contributed by atoms with E-state index in [9.17, 15) is 4.79 Å². The number of anilines is 1. The van der Waals surface area contributed by atoms with Crippen molar-refractivity contribution < 1.29 is 4.79 Å². The van der Waals surface area contributed by atoms with E-state index < -0.39 is 0 Å². The van der Waals surface area contributed by atoms with Crippen LogP contribution in [0, 0.1) is 0 Å².